The molecule has 10 heteroatoms. The van der Waals surface area contributed by atoms with Crippen LogP contribution in [0.25, 0.3) is 10.8 Å². The minimum Gasteiger partial charge on any atom is -0.462 e. The van der Waals surface area contributed by atoms with Crippen molar-refractivity contribution in [2.24, 2.45) is 0 Å². The first-order valence-electron chi connectivity index (χ1n) is 8.09. The number of halogens is 2. The van der Waals surface area contributed by atoms with E-state index in [9.17, 15) is 13.6 Å². The minimum absolute atomic E-state index is 0.0186. The highest BCUT2D eigenvalue weighted by molar-refractivity contribution is 7.13. The molecule has 4 rings (SSSR count). The average molecular weight is 402 g/mol. The van der Waals surface area contributed by atoms with Gasteiger partial charge in [-0.25, -0.2) is 13.8 Å². The zero-order valence-corrected chi connectivity index (χ0v) is 15.0. The number of carbonyl (C=O) groups is 1. The zero-order chi connectivity index (χ0) is 19.5. The summed E-state index contributed by atoms with van der Waals surface area (Å²) in [6, 6.07) is 5.93. The van der Waals surface area contributed by atoms with Crippen molar-refractivity contribution < 1.29 is 22.5 Å². The van der Waals surface area contributed by atoms with Crippen molar-refractivity contribution >= 4 is 17.2 Å². The van der Waals surface area contributed by atoms with E-state index in [1.165, 1.54) is 17.4 Å². The molecule has 1 amide bonds. The van der Waals surface area contributed by atoms with Gasteiger partial charge in [0.05, 0.1) is 18.4 Å². The van der Waals surface area contributed by atoms with Gasteiger partial charge in [0.15, 0.2) is 28.2 Å². The molecule has 1 atom stereocenters. The Morgan fingerprint density at radius 3 is 2.86 bits per heavy atom. The monoisotopic (exact) mass is 402 g/mol. The Morgan fingerprint density at radius 2 is 2.14 bits per heavy atom. The molecule has 0 saturated carbocycles. The smallest absolute Gasteiger partial charge is 0.226 e. The molecular formula is C18H12F2N4O3S. The number of nitrogens with zero attached hydrogens (tertiary/aromatic N) is 3. The molecule has 0 aliphatic rings. The largest absolute Gasteiger partial charge is 0.462 e. The highest BCUT2D eigenvalue weighted by Gasteiger charge is 2.23. The van der Waals surface area contributed by atoms with E-state index in [2.05, 4.69) is 20.4 Å². The summed E-state index contributed by atoms with van der Waals surface area (Å²) in [6.07, 6.45) is 2.61. The third-order valence-electron chi connectivity index (χ3n) is 3.84. The van der Waals surface area contributed by atoms with Crippen molar-refractivity contribution in [3.8, 4) is 10.8 Å². The van der Waals surface area contributed by atoms with Crippen LogP contribution in [-0.4, -0.2) is 21.0 Å². The first-order valence-corrected chi connectivity index (χ1v) is 8.97. The highest BCUT2D eigenvalue weighted by Crippen LogP contribution is 2.25. The molecule has 28 heavy (non-hydrogen) atoms. The van der Waals surface area contributed by atoms with Gasteiger partial charge in [0.25, 0.3) is 0 Å². The molecule has 0 aliphatic carbocycles. The molecule has 1 N–H and O–H groups in total. The molecule has 0 bridgehead atoms. The zero-order valence-electron chi connectivity index (χ0n) is 14.1. The number of rotatable bonds is 6. The summed E-state index contributed by atoms with van der Waals surface area (Å²) in [4.78, 5) is 20.8. The van der Waals surface area contributed by atoms with Crippen LogP contribution < -0.4 is 5.32 Å². The van der Waals surface area contributed by atoms with E-state index in [0.717, 1.165) is 18.5 Å². The van der Waals surface area contributed by atoms with Crippen LogP contribution in [0.3, 0.4) is 0 Å². The molecule has 0 saturated heterocycles. The van der Waals surface area contributed by atoms with E-state index in [-0.39, 0.29) is 17.8 Å². The Kier molecular flexibility index (Phi) is 4.94. The van der Waals surface area contributed by atoms with Gasteiger partial charge in [-0.15, -0.1) is 11.3 Å². The van der Waals surface area contributed by atoms with Gasteiger partial charge in [-0.2, -0.15) is 4.98 Å². The lowest BCUT2D eigenvalue weighted by molar-refractivity contribution is -0.121. The van der Waals surface area contributed by atoms with Crippen molar-refractivity contribution in [1.82, 2.24) is 20.4 Å². The maximum absolute atomic E-state index is 13.6. The molecule has 0 unspecified atom stereocenters. The first-order chi connectivity index (χ1) is 13.6. The normalized spacial score (nSPS) is 12.1. The Balaban J connectivity index is 1.52. The van der Waals surface area contributed by atoms with Gasteiger partial charge < -0.3 is 14.3 Å². The SMILES string of the molecule is O=C(Cc1csc(-c2ccco2)n1)N[C@H](c1ccc(F)c(F)c1)c1ncon1. The molecule has 1 aromatic carbocycles. The van der Waals surface area contributed by atoms with Gasteiger partial charge in [0, 0.05) is 5.38 Å². The van der Waals surface area contributed by atoms with Crippen molar-refractivity contribution in [3.63, 3.8) is 0 Å². The lowest BCUT2D eigenvalue weighted by atomic mass is 10.1. The minimum atomic E-state index is -1.04. The van der Waals surface area contributed by atoms with Gasteiger partial charge in [-0.1, -0.05) is 11.2 Å². The second kappa shape index (κ2) is 7.69. The molecule has 7 nitrogen and oxygen atoms in total. The lowest BCUT2D eigenvalue weighted by Crippen LogP contribution is -2.31. The van der Waals surface area contributed by atoms with Crippen LogP contribution in [0, 0.1) is 11.6 Å². The number of thiazole rings is 1. The summed E-state index contributed by atoms with van der Waals surface area (Å²) < 4.78 is 36.9. The van der Waals surface area contributed by atoms with Crippen LogP contribution in [-0.2, 0) is 11.2 Å². The van der Waals surface area contributed by atoms with Gasteiger partial charge >= 0.3 is 0 Å². The molecule has 3 aromatic heterocycles. The second-order valence-electron chi connectivity index (χ2n) is 5.76. The number of furan rings is 1. The van der Waals surface area contributed by atoms with Crippen molar-refractivity contribution in [1.29, 1.82) is 0 Å². The Morgan fingerprint density at radius 1 is 1.25 bits per heavy atom. The van der Waals surface area contributed by atoms with Crippen LogP contribution in [0.4, 0.5) is 8.78 Å². The Labute approximate surface area is 161 Å². The molecule has 142 valence electrons. The van der Waals surface area contributed by atoms with Crippen LogP contribution in [0.5, 0.6) is 0 Å². The van der Waals surface area contributed by atoms with Crippen LogP contribution in [0.2, 0.25) is 0 Å². The van der Waals surface area contributed by atoms with E-state index in [1.807, 2.05) is 0 Å². The highest BCUT2D eigenvalue weighted by atomic mass is 32.1. The average Bonchev–Trinajstić information content (AvgIpc) is 3.44. The molecule has 4 aromatic rings. The number of carbonyl (C=O) groups excluding carboxylic acids is 1. The van der Waals surface area contributed by atoms with Gasteiger partial charge in [0.1, 0.15) is 6.04 Å². The third-order valence-corrected chi connectivity index (χ3v) is 4.75. The molecular weight excluding hydrogens is 390 g/mol. The Bertz CT molecular complexity index is 1080. The van der Waals surface area contributed by atoms with E-state index >= 15 is 0 Å². The van der Waals surface area contributed by atoms with E-state index in [0.29, 0.717) is 16.5 Å². The number of benzene rings is 1. The number of hydrogen-bond acceptors (Lipinski definition) is 7. The Hall–Kier alpha value is -3.40. The third kappa shape index (κ3) is 3.81. The molecule has 0 radical (unpaired) electrons. The van der Waals surface area contributed by atoms with Gasteiger partial charge in [0.2, 0.25) is 12.3 Å². The summed E-state index contributed by atoms with van der Waals surface area (Å²) in [5.41, 5.74) is 0.828. The maximum atomic E-state index is 13.6. The predicted molar refractivity (Wildman–Crippen MR) is 94.2 cm³/mol. The van der Waals surface area contributed by atoms with Crippen LogP contribution in [0.1, 0.15) is 23.1 Å². The second-order valence-corrected chi connectivity index (χ2v) is 6.62. The predicted octanol–water partition coefficient (Wildman–Crippen LogP) is 3.51. The summed E-state index contributed by atoms with van der Waals surface area (Å²) in [7, 11) is 0. The molecule has 3 heterocycles. The quantitative estimate of drug-likeness (QED) is 0.530. The summed E-state index contributed by atoms with van der Waals surface area (Å²) in [6.45, 7) is 0. The summed E-state index contributed by atoms with van der Waals surface area (Å²) in [5.74, 6) is -1.69. The first kappa shape index (κ1) is 18.0. The number of hydrogen-bond donors (Lipinski definition) is 1. The van der Waals surface area contributed by atoms with Crippen molar-refractivity contribution in [2.45, 2.75) is 12.5 Å². The van der Waals surface area contributed by atoms with Crippen LogP contribution >= 0.6 is 11.3 Å². The standard InChI is InChI=1S/C18H12F2N4O3S/c19-12-4-3-10(6-13(12)20)16(17-21-9-27-24-17)23-15(25)7-11-8-28-18(22-11)14-2-1-5-26-14/h1-6,8-9,16H,7H2,(H,23,25)/t16-/m1/s1. The fourth-order valence-electron chi connectivity index (χ4n) is 2.57. The summed E-state index contributed by atoms with van der Waals surface area (Å²) in [5, 5.41) is 8.81. The number of nitrogens with one attached hydrogen (secondary N) is 1. The van der Waals surface area contributed by atoms with E-state index in [4.69, 9.17) is 8.94 Å². The van der Waals surface area contributed by atoms with Crippen molar-refractivity contribution in [2.75, 3.05) is 0 Å². The molecule has 0 spiro atoms. The lowest BCUT2D eigenvalue weighted by Gasteiger charge is -2.16. The topological polar surface area (TPSA) is 94.1 Å². The number of amides is 1. The van der Waals surface area contributed by atoms with Gasteiger partial charge in [-0.05, 0) is 29.8 Å². The maximum Gasteiger partial charge on any atom is 0.226 e. The van der Waals surface area contributed by atoms with Crippen molar-refractivity contribution in [3.05, 3.63) is 77.1 Å². The van der Waals surface area contributed by atoms with Crippen LogP contribution in [0.15, 0.2) is 57.3 Å². The fraction of sp³-hybridized carbons (Fsp3) is 0.111. The molecule has 0 fully saturated rings. The van der Waals surface area contributed by atoms with E-state index < -0.39 is 23.6 Å². The summed E-state index contributed by atoms with van der Waals surface area (Å²) >= 11 is 1.35. The van der Waals surface area contributed by atoms with Gasteiger partial charge in [-0.3, -0.25) is 4.79 Å². The molecule has 0 aliphatic heterocycles. The van der Waals surface area contributed by atoms with E-state index in [1.54, 1.807) is 23.8 Å². The number of aromatic nitrogens is 3. The fourth-order valence-corrected chi connectivity index (χ4v) is 3.36.